The summed E-state index contributed by atoms with van der Waals surface area (Å²) in [5.74, 6) is 0.553. The number of carbonyl (C=O) groups excluding carboxylic acids is 1. The molecule has 6 heteroatoms. The number of carbonyl (C=O) groups is 1. The standard InChI is InChI=1S/C25H28N2O3S/c1-16(2)23-14-18(28)15-24-25-21(12-13-26(23)24)20-6-4-5-7-22(20)27(25)31(29,30)19-10-8-17(3)9-11-19/h4-11,16,23-24H,12-15H2,1-3H3/t23-,24-/m0/s1. The Bertz CT molecular complexity index is 1270. The lowest BCUT2D eigenvalue weighted by Crippen LogP contribution is -2.51. The lowest BCUT2D eigenvalue weighted by Gasteiger charge is -2.46. The van der Waals surface area contributed by atoms with Gasteiger partial charge in [0.2, 0.25) is 0 Å². The Kier molecular flexibility index (Phi) is 4.83. The van der Waals surface area contributed by atoms with E-state index in [1.807, 2.05) is 43.3 Å². The number of benzene rings is 2. The molecule has 2 aliphatic heterocycles. The maximum Gasteiger partial charge on any atom is 0.268 e. The molecule has 1 aromatic heterocycles. The van der Waals surface area contributed by atoms with Crippen molar-refractivity contribution < 1.29 is 13.2 Å². The van der Waals surface area contributed by atoms with Crippen LogP contribution in [-0.4, -0.2) is 35.7 Å². The van der Waals surface area contributed by atoms with Crippen LogP contribution in [0.3, 0.4) is 0 Å². The lowest BCUT2D eigenvalue weighted by molar-refractivity contribution is -0.127. The highest BCUT2D eigenvalue weighted by Gasteiger charge is 2.43. The van der Waals surface area contributed by atoms with E-state index in [2.05, 4.69) is 18.7 Å². The van der Waals surface area contributed by atoms with Gasteiger partial charge in [0, 0.05) is 30.8 Å². The van der Waals surface area contributed by atoms with Crippen LogP contribution < -0.4 is 0 Å². The fourth-order valence-corrected chi connectivity index (χ4v) is 7.00. The Labute approximate surface area is 183 Å². The second kappa shape index (κ2) is 7.31. The first-order valence-electron chi connectivity index (χ1n) is 11.0. The van der Waals surface area contributed by atoms with Crippen LogP contribution >= 0.6 is 0 Å². The van der Waals surface area contributed by atoms with Crippen LogP contribution in [0.1, 0.15) is 49.6 Å². The van der Waals surface area contributed by atoms with Crippen molar-refractivity contribution >= 4 is 26.7 Å². The normalized spacial score (nSPS) is 22.0. The molecule has 31 heavy (non-hydrogen) atoms. The highest BCUT2D eigenvalue weighted by Crippen LogP contribution is 2.44. The highest BCUT2D eigenvalue weighted by molar-refractivity contribution is 7.90. The zero-order chi connectivity index (χ0) is 21.9. The smallest absolute Gasteiger partial charge is 0.268 e. The van der Waals surface area contributed by atoms with Crippen molar-refractivity contribution in [1.82, 2.24) is 8.87 Å². The molecular formula is C25H28N2O3S. The van der Waals surface area contributed by atoms with E-state index in [0.717, 1.165) is 35.2 Å². The van der Waals surface area contributed by atoms with Gasteiger partial charge < -0.3 is 0 Å². The van der Waals surface area contributed by atoms with Crippen molar-refractivity contribution in [1.29, 1.82) is 0 Å². The quantitative estimate of drug-likeness (QED) is 0.608. The van der Waals surface area contributed by atoms with Crippen molar-refractivity contribution in [3.63, 3.8) is 0 Å². The van der Waals surface area contributed by atoms with E-state index < -0.39 is 10.0 Å². The summed E-state index contributed by atoms with van der Waals surface area (Å²) < 4.78 is 29.4. The molecule has 1 saturated heterocycles. The molecule has 0 bridgehead atoms. The summed E-state index contributed by atoms with van der Waals surface area (Å²) in [4.78, 5) is 15.4. The van der Waals surface area contributed by atoms with E-state index in [-0.39, 0.29) is 22.8 Å². The number of para-hydroxylation sites is 1. The third kappa shape index (κ3) is 3.15. The molecule has 5 nitrogen and oxygen atoms in total. The van der Waals surface area contributed by atoms with Gasteiger partial charge in [0.25, 0.3) is 10.0 Å². The van der Waals surface area contributed by atoms with Gasteiger partial charge in [-0.05, 0) is 43.0 Å². The number of hydrogen-bond acceptors (Lipinski definition) is 4. The summed E-state index contributed by atoms with van der Waals surface area (Å²) in [5, 5.41) is 0.979. The maximum absolute atomic E-state index is 13.9. The first-order chi connectivity index (χ1) is 14.8. The largest absolute Gasteiger partial charge is 0.300 e. The molecule has 5 rings (SSSR count). The molecule has 0 unspecified atom stereocenters. The van der Waals surface area contributed by atoms with Gasteiger partial charge in [-0.1, -0.05) is 49.7 Å². The second-order valence-electron chi connectivity index (χ2n) is 9.23. The number of rotatable bonds is 3. The summed E-state index contributed by atoms with van der Waals surface area (Å²) in [5.41, 5.74) is 3.58. The minimum Gasteiger partial charge on any atom is -0.300 e. The van der Waals surface area contributed by atoms with Gasteiger partial charge in [0.05, 0.1) is 22.1 Å². The van der Waals surface area contributed by atoms with Crippen molar-refractivity contribution in [2.24, 2.45) is 5.92 Å². The molecule has 2 atom stereocenters. The number of ketones is 1. The fourth-order valence-electron chi connectivity index (χ4n) is 5.40. The third-order valence-corrected chi connectivity index (χ3v) is 8.67. The van der Waals surface area contributed by atoms with Crippen molar-refractivity contribution in [2.45, 2.75) is 57.0 Å². The van der Waals surface area contributed by atoms with Gasteiger partial charge in [-0.2, -0.15) is 0 Å². The Morgan fingerprint density at radius 1 is 1.00 bits per heavy atom. The number of Topliss-reactive ketones (excluding diaryl/α,β-unsaturated/α-hetero) is 1. The van der Waals surface area contributed by atoms with E-state index in [9.17, 15) is 13.2 Å². The lowest BCUT2D eigenvalue weighted by atomic mass is 9.83. The van der Waals surface area contributed by atoms with Crippen LogP contribution in [0.5, 0.6) is 0 Å². The van der Waals surface area contributed by atoms with E-state index in [1.165, 1.54) is 3.97 Å². The molecule has 3 heterocycles. The molecule has 0 spiro atoms. The van der Waals surface area contributed by atoms with Crippen LogP contribution in [0, 0.1) is 12.8 Å². The highest BCUT2D eigenvalue weighted by atomic mass is 32.2. The molecule has 3 aromatic rings. The van der Waals surface area contributed by atoms with E-state index >= 15 is 0 Å². The zero-order valence-corrected chi connectivity index (χ0v) is 19.0. The molecule has 0 saturated carbocycles. The predicted molar refractivity (Wildman–Crippen MR) is 122 cm³/mol. The fraction of sp³-hybridized carbons (Fsp3) is 0.400. The topological polar surface area (TPSA) is 59.4 Å². The monoisotopic (exact) mass is 436 g/mol. The molecule has 0 N–H and O–H groups in total. The number of nitrogens with zero attached hydrogens (tertiary/aromatic N) is 2. The van der Waals surface area contributed by atoms with Gasteiger partial charge in [0.15, 0.2) is 0 Å². The Hall–Kier alpha value is -2.44. The van der Waals surface area contributed by atoms with E-state index in [0.29, 0.717) is 24.3 Å². The average Bonchev–Trinajstić information content (AvgIpc) is 3.09. The van der Waals surface area contributed by atoms with E-state index in [1.54, 1.807) is 12.1 Å². The summed E-state index contributed by atoms with van der Waals surface area (Å²) in [6.07, 6.45) is 1.71. The van der Waals surface area contributed by atoms with Crippen molar-refractivity contribution in [3.8, 4) is 0 Å². The number of aromatic nitrogens is 1. The summed E-state index contributed by atoms with van der Waals surface area (Å²) >= 11 is 0. The molecule has 1 fully saturated rings. The summed E-state index contributed by atoms with van der Waals surface area (Å²) in [6.45, 7) is 7.09. The summed E-state index contributed by atoms with van der Waals surface area (Å²) in [6, 6.07) is 14.7. The number of piperidine rings is 1. The Morgan fingerprint density at radius 3 is 2.42 bits per heavy atom. The van der Waals surface area contributed by atoms with Crippen LogP contribution in [0.25, 0.3) is 10.9 Å². The first kappa shape index (κ1) is 20.5. The van der Waals surface area contributed by atoms with Gasteiger partial charge >= 0.3 is 0 Å². The molecule has 2 aromatic carbocycles. The third-order valence-electron chi connectivity index (χ3n) is 6.92. The average molecular weight is 437 g/mol. The molecule has 0 aliphatic carbocycles. The van der Waals surface area contributed by atoms with Crippen LogP contribution in [0.15, 0.2) is 53.4 Å². The van der Waals surface area contributed by atoms with Gasteiger partial charge in [0.1, 0.15) is 5.78 Å². The number of aryl methyl sites for hydroxylation is 1. The minimum atomic E-state index is -3.81. The van der Waals surface area contributed by atoms with Crippen LogP contribution in [0.2, 0.25) is 0 Å². The van der Waals surface area contributed by atoms with Crippen LogP contribution in [-0.2, 0) is 21.2 Å². The molecule has 0 amide bonds. The number of fused-ring (bicyclic) bond motifs is 5. The summed E-state index contributed by atoms with van der Waals surface area (Å²) in [7, 11) is -3.81. The van der Waals surface area contributed by atoms with E-state index in [4.69, 9.17) is 0 Å². The SMILES string of the molecule is Cc1ccc(S(=O)(=O)n2c3c(c4ccccc42)CCN2[C@H]3CC(=O)C[C@H]2C(C)C)cc1. The zero-order valence-electron chi connectivity index (χ0n) is 18.2. The molecule has 0 radical (unpaired) electrons. The number of hydrogen-bond donors (Lipinski definition) is 0. The van der Waals surface area contributed by atoms with Crippen LogP contribution in [0.4, 0.5) is 0 Å². The Balaban J connectivity index is 1.78. The van der Waals surface area contributed by atoms with Gasteiger partial charge in [-0.25, -0.2) is 12.4 Å². The second-order valence-corrected chi connectivity index (χ2v) is 11.0. The van der Waals surface area contributed by atoms with Gasteiger partial charge in [-0.15, -0.1) is 0 Å². The van der Waals surface area contributed by atoms with Gasteiger partial charge in [-0.3, -0.25) is 9.69 Å². The van der Waals surface area contributed by atoms with Crippen molar-refractivity contribution in [2.75, 3.05) is 6.54 Å². The first-order valence-corrected chi connectivity index (χ1v) is 12.4. The Morgan fingerprint density at radius 2 is 1.71 bits per heavy atom. The molecule has 162 valence electrons. The minimum absolute atomic E-state index is 0.146. The molecular weight excluding hydrogens is 408 g/mol. The predicted octanol–water partition coefficient (Wildman–Crippen LogP) is 4.47. The molecule has 2 aliphatic rings. The maximum atomic E-state index is 13.9. The van der Waals surface area contributed by atoms with Crippen molar-refractivity contribution in [3.05, 3.63) is 65.4 Å².